The van der Waals surface area contributed by atoms with Gasteiger partial charge in [0.15, 0.2) is 0 Å². The summed E-state index contributed by atoms with van der Waals surface area (Å²) in [6, 6.07) is -0.103. The summed E-state index contributed by atoms with van der Waals surface area (Å²) in [4.78, 5) is 7.68. The fourth-order valence-electron chi connectivity index (χ4n) is 1.05. The number of aliphatic hydroxyl groups excluding tert-OH is 1. The molecule has 0 spiro atoms. The zero-order chi connectivity index (χ0) is 11.4. The van der Waals surface area contributed by atoms with Gasteiger partial charge in [0, 0.05) is 0 Å². The van der Waals surface area contributed by atoms with E-state index in [1.807, 2.05) is 13.8 Å². The van der Waals surface area contributed by atoms with Crippen LogP contribution in [0.3, 0.4) is 0 Å². The smallest absolute Gasteiger partial charge is 0.224 e. The molecule has 0 aromatic carbocycles. The number of hydrogen-bond acceptors (Lipinski definition) is 4. The number of halogens is 2. The third kappa shape index (κ3) is 3.48. The van der Waals surface area contributed by atoms with Crippen molar-refractivity contribution in [2.24, 2.45) is 5.92 Å². The highest BCUT2D eigenvalue weighted by molar-refractivity contribution is 6.33. The Bertz CT molecular complexity index is 333. The summed E-state index contributed by atoms with van der Waals surface area (Å²) in [6.07, 6.45) is 1.42. The van der Waals surface area contributed by atoms with Gasteiger partial charge in [-0.25, -0.2) is 4.98 Å². The molecule has 2 N–H and O–H groups in total. The number of hydrogen-bond donors (Lipinski definition) is 2. The van der Waals surface area contributed by atoms with E-state index in [2.05, 4.69) is 15.3 Å². The summed E-state index contributed by atoms with van der Waals surface area (Å²) in [7, 11) is 0. The predicted octanol–water partition coefficient (Wildman–Crippen LogP) is 2.21. The molecular weight excluding hydrogens is 237 g/mol. The minimum atomic E-state index is -0.103. The van der Waals surface area contributed by atoms with Crippen molar-refractivity contribution in [2.45, 2.75) is 19.9 Å². The van der Waals surface area contributed by atoms with Crippen LogP contribution in [0, 0.1) is 5.92 Å². The van der Waals surface area contributed by atoms with Crippen LogP contribution in [-0.2, 0) is 0 Å². The molecule has 1 aromatic rings. The molecule has 84 valence electrons. The van der Waals surface area contributed by atoms with Crippen LogP contribution in [-0.4, -0.2) is 27.7 Å². The van der Waals surface area contributed by atoms with Gasteiger partial charge in [-0.3, -0.25) is 0 Å². The first-order valence-corrected chi connectivity index (χ1v) is 5.35. The summed E-state index contributed by atoms with van der Waals surface area (Å²) in [5, 5.41) is 12.7. The van der Waals surface area contributed by atoms with Gasteiger partial charge in [0.2, 0.25) is 5.28 Å². The van der Waals surface area contributed by atoms with Gasteiger partial charge in [-0.2, -0.15) is 4.98 Å². The summed E-state index contributed by atoms with van der Waals surface area (Å²) in [6.45, 7) is 3.99. The Morgan fingerprint density at radius 1 is 1.47 bits per heavy atom. The van der Waals surface area contributed by atoms with Crippen LogP contribution in [0.5, 0.6) is 0 Å². The van der Waals surface area contributed by atoms with Gasteiger partial charge in [-0.15, -0.1) is 0 Å². The van der Waals surface area contributed by atoms with Crippen molar-refractivity contribution in [1.82, 2.24) is 9.97 Å². The van der Waals surface area contributed by atoms with Crippen LogP contribution in [0.1, 0.15) is 13.8 Å². The highest BCUT2D eigenvalue weighted by Crippen LogP contribution is 2.21. The maximum Gasteiger partial charge on any atom is 0.224 e. The third-order valence-electron chi connectivity index (χ3n) is 2.04. The maximum atomic E-state index is 9.14. The molecule has 0 amide bonds. The summed E-state index contributed by atoms with van der Waals surface area (Å²) in [5.74, 6) is 0.712. The molecular formula is C9H13Cl2N3O. The van der Waals surface area contributed by atoms with Gasteiger partial charge in [-0.05, 0) is 17.5 Å². The Morgan fingerprint density at radius 2 is 2.13 bits per heavy atom. The highest BCUT2D eigenvalue weighted by atomic mass is 35.5. The second-order valence-electron chi connectivity index (χ2n) is 3.51. The Kier molecular flexibility index (Phi) is 4.57. The topological polar surface area (TPSA) is 58.0 Å². The van der Waals surface area contributed by atoms with Crippen LogP contribution < -0.4 is 5.32 Å². The lowest BCUT2D eigenvalue weighted by Crippen LogP contribution is -2.30. The molecule has 1 atom stereocenters. The van der Waals surface area contributed by atoms with Crippen molar-refractivity contribution in [1.29, 1.82) is 0 Å². The molecule has 4 nitrogen and oxygen atoms in total. The average molecular weight is 250 g/mol. The van der Waals surface area contributed by atoms with Crippen LogP contribution in [0.15, 0.2) is 6.20 Å². The summed E-state index contributed by atoms with van der Waals surface area (Å²) in [5.41, 5.74) is 0. The van der Waals surface area contributed by atoms with Gasteiger partial charge in [-0.1, -0.05) is 25.4 Å². The first kappa shape index (κ1) is 12.5. The second kappa shape index (κ2) is 5.49. The molecule has 0 aliphatic carbocycles. The van der Waals surface area contributed by atoms with Crippen molar-refractivity contribution in [3.63, 3.8) is 0 Å². The van der Waals surface area contributed by atoms with Crippen molar-refractivity contribution in [3.05, 3.63) is 16.5 Å². The molecule has 15 heavy (non-hydrogen) atoms. The number of aromatic nitrogens is 2. The van der Waals surface area contributed by atoms with E-state index < -0.39 is 0 Å². The molecule has 1 aromatic heterocycles. The minimum Gasteiger partial charge on any atom is -0.394 e. The molecule has 0 saturated carbocycles. The van der Waals surface area contributed by atoms with Crippen LogP contribution >= 0.6 is 23.2 Å². The van der Waals surface area contributed by atoms with Crippen molar-refractivity contribution < 1.29 is 5.11 Å². The molecule has 1 heterocycles. The third-order valence-corrected chi connectivity index (χ3v) is 2.50. The fraction of sp³-hybridized carbons (Fsp3) is 0.556. The summed E-state index contributed by atoms with van der Waals surface area (Å²) < 4.78 is 0. The zero-order valence-electron chi connectivity index (χ0n) is 8.54. The largest absolute Gasteiger partial charge is 0.394 e. The van der Waals surface area contributed by atoms with Crippen LogP contribution in [0.25, 0.3) is 0 Å². The van der Waals surface area contributed by atoms with Crippen LogP contribution in [0.2, 0.25) is 10.3 Å². The Hall–Kier alpha value is -0.580. The number of rotatable bonds is 4. The average Bonchev–Trinajstić information content (AvgIpc) is 2.18. The first-order chi connectivity index (χ1) is 7.04. The maximum absolute atomic E-state index is 9.14. The van der Waals surface area contributed by atoms with E-state index in [0.29, 0.717) is 10.8 Å². The molecule has 6 heteroatoms. The monoisotopic (exact) mass is 249 g/mol. The van der Waals surface area contributed by atoms with E-state index in [9.17, 15) is 0 Å². The highest BCUT2D eigenvalue weighted by Gasteiger charge is 2.14. The molecule has 0 saturated heterocycles. The van der Waals surface area contributed by atoms with Crippen LogP contribution in [0.4, 0.5) is 5.82 Å². The molecule has 0 bridgehead atoms. The minimum absolute atomic E-state index is 0.00954. The Labute approximate surface area is 98.6 Å². The normalized spacial score (nSPS) is 12.9. The number of nitrogens with one attached hydrogen (secondary N) is 1. The molecule has 1 rings (SSSR count). The van der Waals surface area contributed by atoms with Gasteiger partial charge in [0.25, 0.3) is 0 Å². The molecule has 0 unspecified atom stereocenters. The molecule has 0 radical (unpaired) electrons. The molecule has 0 aliphatic rings. The van der Waals surface area contributed by atoms with Crippen molar-refractivity contribution in [2.75, 3.05) is 11.9 Å². The van der Waals surface area contributed by atoms with Crippen molar-refractivity contribution in [3.8, 4) is 0 Å². The standard InChI is InChI=1S/C9H13Cl2N3O/c1-5(2)7(4-15)13-8-6(10)3-12-9(11)14-8/h3,5,7,15H,4H2,1-2H3,(H,12,13,14)/t7-/m1/s1. The zero-order valence-corrected chi connectivity index (χ0v) is 10.0. The first-order valence-electron chi connectivity index (χ1n) is 4.60. The number of anilines is 1. The van der Waals surface area contributed by atoms with Gasteiger partial charge in [0.05, 0.1) is 18.8 Å². The van der Waals surface area contributed by atoms with E-state index in [1.54, 1.807) is 0 Å². The Balaban J connectivity index is 2.82. The van der Waals surface area contributed by atoms with Crippen molar-refractivity contribution >= 4 is 29.0 Å². The van der Waals surface area contributed by atoms with Gasteiger partial charge in [0.1, 0.15) is 10.8 Å². The SMILES string of the molecule is CC(C)[C@@H](CO)Nc1nc(Cl)ncc1Cl. The van der Waals surface area contributed by atoms with E-state index in [1.165, 1.54) is 6.20 Å². The lowest BCUT2D eigenvalue weighted by molar-refractivity contribution is 0.249. The quantitative estimate of drug-likeness (QED) is 0.804. The van der Waals surface area contributed by atoms with E-state index in [-0.39, 0.29) is 23.9 Å². The Morgan fingerprint density at radius 3 is 2.67 bits per heavy atom. The molecule has 0 aliphatic heterocycles. The second-order valence-corrected chi connectivity index (χ2v) is 4.26. The van der Waals surface area contributed by atoms with E-state index in [4.69, 9.17) is 28.3 Å². The number of nitrogens with zero attached hydrogens (tertiary/aromatic N) is 2. The fourth-order valence-corrected chi connectivity index (χ4v) is 1.32. The molecule has 0 fully saturated rings. The summed E-state index contributed by atoms with van der Waals surface area (Å²) >= 11 is 11.5. The lowest BCUT2D eigenvalue weighted by atomic mass is 10.1. The van der Waals surface area contributed by atoms with Gasteiger partial charge < -0.3 is 10.4 Å². The van der Waals surface area contributed by atoms with E-state index in [0.717, 1.165) is 0 Å². The lowest BCUT2D eigenvalue weighted by Gasteiger charge is -2.20. The van der Waals surface area contributed by atoms with Gasteiger partial charge >= 0.3 is 0 Å². The predicted molar refractivity (Wildman–Crippen MR) is 61.4 cm³/mol. The number of aliphatic hydroxyl groups is 1. The van der Waals surface area contributed by atoms with E-state index >= 15 is 0 Å².